The number of hydrogen-bond donors (Lipinski definition) is 2. The molecule has 1 heterocycles. The van der Waals surface area contributed by atoms with E-state index in [4.69, 9.17) is 0 Å². The molecule has 6 nitrogen and oxygen atoms in total. The molecule has 2 N–H and O–H groups in total. The Hall–Kier alpha value is -3.06. The van der Waals surface area contributed by atoms with Crippen LogP contribution in [0.5, 0.6) is 0 Å². The van der Waals surface area contributed by atoms with Crippen LogP contribution in [0.25, 0.3) is 5.69 Å². The van der Waals surface area contributed by atoms with Gasteiger partial charge in [0.1, 0.15) is 0 Å². The van der Waals surface area contributed by atoms with Gasteiger partial charge in [-0.25, -0.2) is 4.98 Å². The molecule has 144 valence electrons. The number of imidazole rings is 1. The summed E-state index contributed by atoms with van der Waals surface area (Å²) in [6, 6.07) is 13.3. The van der Waals surface area contributed by atoms with Gasteiger partial charge in [0.2, 0.25) is 5.91 Å². The van der Waals surface area contributed by atoms with Gasteiger partial charge in [0, 0.05) is 23.6 Å². The Morgan fingerprint density at radius 2 is 1.75 bits per heavy atom. The SMILES string of the molecule is Cc1ccc(C(=O)NNC(=O)CSc2nccn2-c2ccc(C)c(C)c2)cc1. The third-order valence-electron chi connectivity index (χ3n) is 4.34. The van der Waals surface area contributed by atoms with Crippen LogP contribution >= 0.6 is 11.8 Å². The van der Waals surface area contributed by atoms with Crippen LogP contribution in [-0.2, 0) is 4.79 Å². The van der Waals surface area contributed by atoms with E-state index in [1.165, 1.54) is 22.9 Å². The van der Waals surface area contributed by atoms with Crippen LogP contribution in [0.3, 0.4) is 0 Å². The van der Waals surface area contributed by atoms with Gasteiger partial charge in [-0.3, -0.25) is 25.0 Å². The molecule has 3 rings (SSSR count). The van der Waals surface area contributed by atoms with E-state index in [0.717, 1.165) is 11.3 Å². The largest absolute Gasteiger partial charge is 0.295 e. The Labute approximate surface area is 168 Å². The molecule has 0 fully saturated rings. The van der Waals surface area contributed by atoms with Gasteiger partial charge < -0.3 is 0 Å². The second-order valence-electron chi connectivity index (χ2n) is 6.51. The van der Waals surface area contributed by atoms with Gasteiger partial charge >= 0.3 is 0 Å². The minimum Gasteiger partial charge on any atom is -0.295 e. The average Bonchev–Trinajstić information content (AvgIpc) is 3.16. The van der Waals surface area contributed by atoms with E-state index >= 15 is 0 Å². The number of rotatable bonds is 5. The Balaban J connectivity index is 1.55. The van der Waals surface area contributed by atoms with Crippen LogP contribution in [-0.4, -0.2) is 27.1 Å². The lowest BCUT2D eigenvalue weighted by molar-refractivity contribution is -0.119. The lowest BCUT2D eigenvalue weighted by atomic mass is 10.1. The van der Waals surface area contributed by atoms with Crippen molar-refractivity contribution in [2.24, 2.45) is 0 Å². The maximum Gasteiger partial charge on any atom is 0.269 e. The van der Waals surface area contributed by atoms with Gasteiger partial charge in [-0.1, -0.05) is 35.5 Å². The van der Waals surface area contributed by atoms with Crippen molar-refractivity contribution in [3.05, 3.63) is 77.1 Å². The zero-order chi connectivity index (χ0) is 20.1. The maximum absolute atomic E-state index is 12.1. The normalized spacial score (nSPS) is 10.5. The minimum atomic E-state index is -0.352. The molecule has 3 aromatic rings. The summed E-state index contributed by atoms with van der Waals surface area (Å²) in [5.41, 5.74) is 9.84. The zero-order valence-corrected chi connectivity index (χ0v) is 16.8. The average molecular weight is 395 g/mol. The molecule has 7 heteroatoms. The number of carbonyl (C=O) groups excluding carboxylic acids is 2. The first kappa shape index (κ1) is 19.7. The summed E-state index contributed by atoms with van der Waals surface area (Å²) in [4.78, 5) is 28.5. The third kappa shape index (κ3) is 4.80. The fourth-order valence-corrected chi connectivity index (χ4v) is 3.31. The first-order chi connectivity index (χ1) is 13.4. The van der Waals surface area contributed by atoms with Crippen LogP contribution < -0.4 is 10.9 Å². The van der Waals surface area contributed by atoms with E-state index in [1.54, 1.807) is 18.3 Å². The fourth-order valence-electron chi connectivity index (χ4n) is 2.54. The zero-order valence-electron chi connectivity index (χ0n) is 16.0. The van der Waals surface area contributed by atoms with E-state index in [1.807, 2.05) is 35.9 Å². The predicted molar refractivity (Wildman–Crippen MR) is 111 cm³/mol. The summed E-state index contributed by atoms with van der Waals surface area (Å²) < 4.78 is 1.94. The molecule has 2 aromatic carbocycles. The van der Waals surface area contributed by atoms with E-state index in [2.05, 4.69) is 41.8 Å². The second kappa shape index (κ2) is 8.75. The van der Waals surface area contributed by atoms with Crippen molar-refractivity contribution in [2.75, 3.05) is 5.75 Å². The smallest absolute Gasteiger partial charge is 0.269 e. The quantitative estimate of drug-likeness (QED) is 0.514. The topological polar surface area (TPSA) is 76.0 Å². The number of aryl methyl sites for hydroxylation is 3. The summed E-state index contributed by atoms with van der Waals surface area (Å²) in [5.74, 6) is -0.522. The van der Waals surface area contributed by atoms with Crippen molar-refractivity contribution in [3.8, 4) is 5.69 Å². The summed E-state index contributed by atoms with van der Waals surface area (Å²) in [5, 5.41) is 0.711. The third-order valence-corrected chi connectivity index (χ3v) is 5.30. The first-order valence-corrected chi connectivity index (χ1v) is 9.82. The predicted octanol–water partition coefficient (Wildman–Crippen LogP) is 3.35. The molecule has 2 amide bonds. The van der Waals surface area contributed by atoms with E-state index < -0.39 is 0 Å². The Morgan fingerprint density at radius 3 is 2.46 bits per heavy atom. The molecular weight excluding hydrogens is 372 g/mol. The van der Waals surface area contributed by atoms with Crippen molar-refractivity contribution in [1.82, 2.24) is 20.4 Å². The number of hydrazine groups is 1. The van der Waals surface area contributed by atoms with Crippen LogP contribution in [0.1, 0.15) is 27.0 Å². The molecule has 0 unspecified atom stereocenters. The van der Waals surface area contributed by atoms with Gasteiger partial charge in [-0.15, -0.1) is 0 Å². The summed E-state index contributed by atoms with van der Waals surface area (Å²) in [6.07, 6.45) is 3.57. The van der Waals surface area contributed by atoms with Gasteiger partial charge in [-0.05, 0) is 56.2 Å². The highest BCUT2D eigenvalue weighted by Gasteiger charge is 2.11. The first-order valence-electron chi connectivity index (χ1n) is 8.83. The fraction of sp³-hybridized carbons (Fsp3) is 0.190. The molecule has 0 saturated carbocycles. The number of nitrogens with zero attached hydrogens (tertiary/aromatic N) is 2. The molecule has 1 aromatic heterocycles. The number of carbonyl (C=O) groups is 2. The van der Waals surface area contributed by atoms with Gasteiger partial charge in [-0.2, -0.15) is 0 Å². The molecule has 0 saturated heterocycles. The highest BCUT2D eigenvalue weighted by atomic mass is 32.2. The molecule has 0 bridgehead atoms. The Kier molecular flexibility index (Phi) is 6.16. The highest BCUT2D eigenvalue weighted by Crippen LogP contribution is 2.21. The van der Waals surface area contributed by atoms with Gasteiger partial charge in [0.05, 0.1) is 5.75 Å². The number of aromatic nitrogens is 2. The summed E-state index contributed by atoms with van der Waals surface area (Å²) in [7, 11) is 0. The number of thioether (sulfide) groups is 1. The maximum atomic E-state index is 12.1. The number of hydrogen-bond acceptors (Lipinski definition) is 4. The molecule has 0 spiro atoms. The van der Waals surface area contributed by atoms with E-state index in [-0.39, 0.29) is 17.6 Å². The lowest BCUT2D eigenvalue weighted by Gasteiger charge is -2.10. The molecular formula is C21H22N4O2S. The van der Waals surface area contributed by atoms with E-state index in [0.29, 0.717) is 10.7 Å². The molecule has 0 atom stereocenters. The van der Waals surface area contributed by atoms with Crippen molar-refractivity contribution < 1.29 is 9.59 Å². The van der Waals surface area contributed by atoms with Crippen LogP contribution in [0, 0.1) is 20.8 Å². The molecule has 28 heavy (non-hydrogen) atoms. The van der Waals surface area contributed by atoms with Crippen LogP contribution in [0.2, 0.25) is 0 Å². The van der Waals surface area contributed by atoms with Crippen molar-refractivity contribution in [1.29, 1.82) is 0 Å². The minimum absolute atomic E-state index is 0.135. The monoisotopic (exact) mass is 394 g/mol. The standard InChI is InChI=1S/C21H22N4O2S/c1-14-4-7-17(8-5-14)20(27)24-23-19(26)13-28-21-22-10-11-25(21)18-9-6-15(2)16(3)12-18/h4-12H,13H2,1-3H3,(H,23,26)(H,24,27). The molecule has 0 aliphatic heterocycles. The molecule has 0 aliphatic rings. The molecule has 0 radical (unpaired) electrons. The van der Waals surface area contributed by atoms with E-state index in [9.17, 15) is 9.59 Å². The highest BCUT2D eigenvalue weighted by molar-refractivity contribution is 7.99. The lowest BCUT2D eigenvalue weighted by Crippen LogP contribution is -2.42. The van der Waals surface area contributed by atoms with Crippen LogP contribution in [0.15, 0.2) is 60.0 Å². The van der Waals surface area contributed by atoms with Gasteiger partial charge in [0.25, 0.3) is 5.91 Å². The van der Waals surface area contributed by atoms with Crippen molar-refractivity contribution in [2.45, 2.75) is 25.9 Å². The Bertz CT molecular complexity index is 996. The number of nitrogens with one attached hydrogen (secondary N) is 2. The van der Waals surface area contributed by atoms with Crippen LogP contribution in [0.4, 0.5) is 0 Å². The van der Waals surface area contributed by atoms with Gasteiger partial charge in [0.15, 0.2) is 5.16 Å². The van der Waals surface area contributed by atoms with Crippen molar-refractivity contribution in [3.63, 3.8) is 0 Å². The Morgan fingerprint density at radius 1 is 1.00 bits per heavy atom. The summed E-state index contributed by atoms with van der Waals surface area (Å²) in [6.45, 7) is 6.08. The molecule has 0 aliphatic carbocycles. The number of benzene rings is 2. The van der Waals surface area contributed by atoms with Crippen molar-refractivity contribution >= 4 is 23.6 Å². The summed E-state index contributed by atoms with van der Waals surface area (Å²) >= 11 is 1.30. The number of amides is 2. The second-order valence-corrected chi connectivity index (χ2v) is 7.45.